The van der Waals surface area contributed by atoms with Gasteiger partial charge in [-0.2, -0.15) is 0 Å². The summed E-state index contributed by atoms with van der Waals surface area (Å²) in [6.45, 7) is 4.08. The smallest absolute Gasteiger partial charge is 0.123 e. The van der Waals surface area contributed by atoms with Crippen LogP contribution in [0.4, 0.5) is 4.39 Å². The summed E-state index contributed by atoms with van der Waals surface area (Å²) >= 11 is 0. The summed E-state index contributed by atoms with van der Waals surface area (Å²) in [5.74, 6) is -0.233. The molecule has 1 aliphatic carbocycles. The van der Waals surface area contributed by atoms with Crippen molar-refractivity contribution < 1.29 is 9.50 Å². The summed E-state index contributed by atoms with van der Waals surface area (Å²) in [6, 6.07) is 4.80. The monoisotopic (exact) mass is 304 g/mol. The minimum absolute atomic E-state index is 0.0849. The van der Waals surface area contributed by atoms with E-state index in [4.69, 9.17) is 11.5 Å². The molecule has 1 aliphatic rings. The number of halogens is 1. The van der Waals surface area contributed by atoms with Crippen LogP contribution in [0.15, 0.2) is 47.8 Å². The molecule has 0 spiro atoms. The zero-order chi connectivity index (χ0) is 16.5. The van der Waals surface area contributed by atoms with E-state index >= 15 is 0 Å². The number of hydrogen-bond donors (Lipinski definition) is 3. The third-order valence-electron chi connectivity index (χ3n) is 3.44. The van der Waals surface area contributed by atoms with Gasteiger partial charge in [-0.25, -0.2) is 4.39 Å². The minimum atomic E-state index is -0.233. The first-order valence-electron chi connectivity index (χ1n) is 7.59. The molecular weight excluding hydrogens is 279 g/mol. The van der Waals surface area contributed by atoms with Crippen molar-refractivity contribution in [2.75, 3.05) is 6.61 Å². The molecule has 0 bridgehead atoms. The fraction of sp³-hybridized carbons (Fsp3) is 0.333. The summed E-state index contributed by atoms with van der Waals surface area (Å²) in [4.78, 5) is 0. The zero-order valence-electron chi connectivity index (χ0n) is 13.3. The summed E-state index contributed by atoms with van der Waals surface area (Å²) in [5, 5.41) is 9.17. The Kier molecular flexibility index (Phi) is 7.40. The van der Waals surface area contributed by atoms with Crippen molar-refractivity contribution in [3.63, 3.8) is 0 Å². The van der Waals surface area contributed by atoms with Crippen molar-refractivity contribution in [1.29, 1.82) is 0 Å². The number of hydrogen-bond acceptors (Lipinski definition) is 3. The summed E-state index contributed by atoms with van der Waals surface area (Å²) in [5.41, 5.74) is 16.2. The number of benzene rings is 1. The van der Waals surface area contributed by atoms with E-state index in [-0.39, 0.29) is 12.4 Å². The van der Waals surface area contributed by atoms with Gasteiger partial charge in [0.05, 0.1) is 0 Å². The van der Waals surface area contributed by atoms with Gasteiger partial charge >= 0.3 is 0 Å². The number of aliphatic hydroxyl groups excluding tert-OH is 1. The molecule has 0 atom stereocenters. The van der Waals surface area contributed by atoms with E-state index in [1.165, 1.54) is 12.3 Å². The third kappa shape index (κ3) is 4.46. The topological polar surface area (TPSA) is 72.3 Å². The van der Waals surface area contributed by atoms with E-state index in [9.17, 15) is 9.50 Å². The highest BCUT2D eigenvalue weighted by Gasteiger charge is 2.21. The SMILES string of the molecule is CC.N/C=C\C=C(/N)CC1=C(CCO)Cc2cc(F)ccc21. The largest absolute Gasteiger partial charge is 0.405 e. The van der Waals surface area contributed by atoms with Crippen LogP contribution in [0, 0.1) is 5.82 Å². The lowest BCUT2D eigenvalue weighted by atomic mass is 9.99. The summed E-state index contributed by atoms with van der Waals surface area (Å²) in [6.07, 6.45) is 6.72. The molecule has 0 aromatic heterocycles. The molecule has 1 aromatic carbocycles. The average molecular weight is 304 g/mol. The highest BCUT2D eigenvalue weighted by atomic mass is 19.1. The zero-order valence-corrected chi connectivity index (χ0v) is 13.3. The molecule has 1 aromatic rings. The van der Waals surface area contributed by atoms with E-state index in [0.29, 0.717) is 25.0 Å². The number of aliphatic hydroxyl groups is 1. The highest BCUT2D eigenvalue weighted by molar-refractivity contribution is 5.77. The van der Waals surface area contributed by atoms with E-state index in [0.717, 1.165) is 22.3 Å². The first-order chi connectivity index (χ1) is 10.7. The van der Waals surface area contributed by atoms with Crippen molar-refractivity contribution in [3.8, 4) is 0 Å². The fourth-order valence-corrected chi connectivity index (χ4v) is 2.57. The van der Waals surface area contributed by atoms with Crippen LogP contribution in [0.3, 0.4) is 0 Å². The van der Waals surface area contributed by atoms with Crippen LogP contribution in [-0.4, -0.2) is 11.7 Å². The molecule has 0 unspecified atom stereocenters. The predicted molar refractivity (Wildman–Crippen MR) is 90.3 cm³/mol. The number of allylic oxidation sites excluding steroid dienone is 3. The van der Waals surface area contributed by atoms with Crippen molar-refractivity contribution in [3.05, 3.63) is 64.8 Å². The van der Waals surface area contributed by atoms with Crippen LogP contribution in [0.5, 0.6) is 0 Å². The molecule has 0 saturated heterocycles. The molecule has 3 nitrogen and oxygen atoms in total. The molecular formula is C18H25FN2O. The summed E-state index contributed by atoms with van der Waals surface area (Å²) in [7, 11) is 0. The number of rotatable bonds is 5. The molecule has 0 radical (unpaired) electrons. The predicted octanol–water partition coefficient (Wildman–Crippen LogP) is 3.25. The van der Waals surface area contributed by atoms with Gasteiger partial charge in [0.2, 0.25) is 0 Å². The lowest BCUT2D eigenvalue weighted by Crippen LogP contribution is -2.00. The Labute approximate surface area is 131 Å². The normalized spacial score (nSPS) is 14.1. The third-order valence-corrected chi connectivity index (χ3v) is 3.44. The first-order valence-corrected chi connectivity index (χ1v) is 7.59. The first kappa shape index (κ1) is 18.0. The molecule has 22 heavy (non-hydrogen) atoms. The Bertz CT molecular complexity index is 589. The Morgan fingerprint density at radius 3 is 2.73 bits per heavy atom. The van der Waals surface area contributed by atoms with Gasteiger partial charge in [-0.05, 0) is 60.0 Å². The lowest BCUT2D eigenvalue weighted by Gasteiger charge is -2.08. The molecule has 4 heteroatoms. The van der Waals surface area contributed by atoms with Crippen molar-refractivity contribution in [1.82, 2.24) is 0 Å². The van der Waals surface area contributed by atoms with Gasteiger partial charge < -0.3 is 16.6 Å². The Morgan fingerprint density at radius 1 is 1.36 bits per heavy atom. The number of nitrogens with two attached hydrogens (primary N) is 2. The lowest BCUT2D eigenvalue weighted by molar-refractivity contribution is 0.299. The van der Waals surface area contributed by atoms with Crippen LogP contribution < -0.4 is 11.5 Å². The van der Waals surface area contributed by atoms with Gasteiger partial charge in [0.1, 0.15) is 5.82 Å². The van der Waals surface area contributed by atoms with Crippen LogP contribution in [0.2, 0.25) is 0 Å². The van der Waals surface area contributed by atoms with E-state index in [2.05, 4.69) is 0 Å². The van der Waals surface area contributed by atoms with E-state index in [1.807, 2.05) is 13.8 Å². The second kappa shape index (κ2) is 9.05. The van der Waals surface area contributed by atoms with Gasteiger partial charge in [0.15, 0.2) is 0 Å². The van der Waals surface area contributed by atoms with Gasteiger partial charge in [0.25, 0.3) is 0 Å². The number of fused-ring (bicyclic) bond motifs is 1. The standard InChI is InChI=1S/C16H19FN2O.C2H6/c17-13-3-4-15-12(9-13)8-11(5-7-20)16(15)10-14(19)2-1-6-18;1-2/h1-4,6,9,20H,5,7-8,10,18-19H2;1-2H3/b6-1-,14-2-;. The quantitative estimate of drug-likeness (QED) is 0.731. The molecule has 0 saturated carbocycles. The second-order valence-corrected chi connectivity index (χ2v) is 4.84. The average Bonchev–Trinajstić information content (AvgIpc) is 2.84. The molecule has 0 amide bonds. The Hall–Kier alpha value is -2.07. The van der Waals surface area contributed by atoms with E-state index < -0.39 is 0 Å². The molecule has 0 heterocycles. The second-order valence-electron chi connectivity index (χ2n) is 4.84. The van der Waals surface area contributed by atoms with Crippen molar-refractivity contribution in [2.24, 2.45) is 11.5 Å². The molecule has 2 rings (SSSR count). The van der Waals surface area contributed by atoms with Crippen LogP contribution in [0.1, 0.15) is 37.8 Å². The maximum atomic E-state index is 13.3. The van der Waals surface area contributed by atoms with Gasteiger partial charge in [-0.3, -0.25) is 0 Å². The van der Waals surface area contributed by atoms with Gasteiger partial charge in [0, 0.05) is 18.7 Å². The van der Waals surface area contributed by atoms with Crippen LogP contribution in [-0.2, 0) is 6.42 Å². The van der Waals surface area contributed by atoms with Crippen LogP contribution >= 0.6 is 0 Å². The Morgan fingerprint density at radius 2 is 2.09 bits per heavy atom. The van der Waals surface area contributed by atoms with E-state index in [1.54, 1.807) is 24.3 Å². The Balaban J connectivity index is 0.00000116. The molecule has 5 N–H and O–H groups in total. The van der Waals surface area contributed by atoms with Crippen LogP contribution in [0.25, 0.3) is 5.57 Å². The maximum Gasteiger partial charge on any atom is 0.123 e. The van der Waals surface area contributed by atoms with Crippen molar-refractivity contribution >= 4 is 5.57 Å². The fourth-order valence-electron chi connectivity index (χ4n) is 2.57. The van der Waals surface area contributed by atoms with Gasteiger partial charge in [-0.1, -0.05) is 25.5 Å². The molecule has 0 fully saturated rings. The molecule has 0 aliphatic heterocycles. The minimum Gasteiger partial charge on any atom is -0.405 e. The highest BCUT2D eigenvalue weighted by Crippen LogP contribution is 2.37. The summed E-state index contributed by atoms with van der Waals surface area (Å²) < 4.78 is 13.3. The van der Waals surface area contributed by atoms with Gasteiger partial charge in [-0.15, -0.1) is 0 Å². The molecule has 120 valence electrons. The maximum absolute atomic E-state index is 13.3. The van der Waals surface area contributed by atoms with Crippen molar-refractivity contribution in [2.45, 2.75) is 33.1 Å².